The van der Waals surface area contributed by atoms with Crippen molar-refractivity contribution >= 4 is 17.7 Å². The van der Waals surface area contributed by atoms with Crippen molar-refractivity contribution in [2.24, 2.45) is 0 Å². The number of benzene rings is 2. The molecule has 2 aromatic rings. The second kappa shape index (κ2) is 11.4. The zero-order valence-electron chi connectivity index (χ0n) is 19.5. The van der Waals surface area contributed by atoms with E-state index in [1.807, 2.05) is 64.4 Å². The van der Waals surface area contributed by atoms with Crippen molar-refractivity contribution in [2.75, 3.05) is 38.4 Å². The number of amides is 2. The van der Waals surface area contributed by atoms with Gasteiger partial charge in [0, 0.05) is 31.4 Å². The molecule has 35 heavy (non-hydrogen) atoms. The first kappa shape index (κ1) is 24.7. The number of anilines is 1. The fourth-order valence-electron chi connectivity index (χ4n) is 4.20. The first-order valence-corrected chi connectivity index (χ1v) is 11.4. The van der Waals surface area contributed by atoms with Crippen molar-refractivity contribution in [3.05, 3.63) is 60.2 Å². The van der Waals surface area contributed by atoms with Crippen LogP contribution in [0.1, 0.15) is 18.4 Å². The summed E-state index contributed by atoms with van der Waals surface area (Å²) in [7, 11) is 1.60. The van der Waals surface area contributed by atoms with Crippen LogP contribution < -0.4 is 9.64 Å². The Kier molecular flexibility index (Phi) is 8.03. The van der Waals surface area contributed by atoms with Gasteiger partial charge in [-0.25, -0.2) is 9.63 Å². The Hall–Kier alpha value is -3.38. The molecular formula is C24H30N4O7. The number of hydrogen-bond acceptors (Lipinski definition) is 9. The van der Waals surface area contributed by atoms with Crippen molar-refractivity contribution < 1.29 is 34.3 Å². The number of carbonyl (C=O) groups excluding carboxylic acids is 2. The quantitative estimate of drug-likeness (QED) is 0.407. The summed E-state index contributed by atoms with van der Waals surface area (Å²) in [6, 6.07) is 16.9. The van der Waals surface area contributed by atoms with Gasteiger partial charge in [0.2, 0.25) is 12.7 Å². The van der Waals surface area contributed by atoms with Gasteiger partial charge in [0.15, 0.2) is 0 Å². The third kappa shape index (κ3) is 6.40. The van der Waals surface area contributed by atoms with Gasteiger partial charge >= 0.3 is 6.09 Å². The minimum Gasteiger partial charge on any atom is -0.497 e. The van der Waals surface area contributed by atoms with Crippen molar-refractivity contribution in [1.29, 1.82) is 0 Å². The van der Waals surface area contributed by atoms with Gasteiger partial charge in [-0.05, 0) is 42.7 Å². The van der Waals surface area contributed by atoms with E-state index in [0.717, 1.165) is 24.1 Å². The summed E-state index contributed by atoms with van der Waals surface area (Å²) in [5.41, 5.74) is 1.90. The van der Waals surface area contributed by atoms with Gasteiger partial charge in [-0.3, -0.25) is 15.2 Å². The Bertz CT molecular complexity index is 985. The summed E-state index contributed by atoms with van der Waals surface area (Å²) in [6.45, 7) is 0.667. The molecule has 1 heterocycles. The Morgan fingerprint density at radius 2 is 1.74 bits per heavy atom. The molecule has 0 radical (unpaired) electrons. The fraction of sp³-hybridized carbons (Fsp3) is 0.417. The summed E-state index contributed by atoms with van der Waals surface area (Å²) in [6.07, 6.45) is 1.20. The highest BCUT2D eigenvalue weighted by molar-refractivity contribution is 5.87. The lowest BCUT2D eigenvalue weighted by Crippen LogP contribution is -2.61. The molecule has 2 aliphatic rings. The summed E-state index contributed by atoms with van der Waals surface area (Å²) in [5.74, 6) is 0.655. The Balaban J connectivity index is 1.54. The molecule has 1 saturated carbocycles. The number of piperazine rings is 1. The molecule has 2 aromatic carbocycles. The highest BCUT2D eigenvalue weighted by atomic mass is 17.1. The topological polar surface area (TPSA) is 115 Å². The number of rotatable bonds is 9. The zero-order chi connectivity index (χ0) is 24.8. The van der Waals surface area contributed by atoms with Crippen LogP contribution in [0.5, 0.6) is 5.75 Å². The monoisotopic (exact) mass is 486 g/mol. The van der Waals surface area contributed by atoms with Gasteiger partial charge in [0.05, 0.1) is 19.0 Å². The van der Waals surface area contributed by atoms with Gasteiger partial charge in [-0.15, -0.1) is 0 Å². The van der Waals surface area contributed by atoms with E-state index in [9.17, 15) is 9.59 Å². The van der Waals surface area contributed by atoms with E-state index in [2.05, 4.69) is 4.84 Å². The van der Waals surface area contributed by atoms with Crippen molar-refractivity contribution in [3.63, 3.8) is 0 Å². The highest BCUT2D eigenvalue weighted by Gasteiger charge is 2.41. The first-order valence-electron chi connectivity index (χ1n) is 11.4. The predicted molar refractivity (Wildman–Crippen MR) is 124 cm³/mol. The molecule has 0 bridgehead atoms. The fourth-order valence-corrected chi connectivity index (χ4v) is 4.20. The van der Waals surface area contributed by atoms with Crippen molar-refractivity contribution in [2.45, 2.75) is 31.5 Å². The molecule has 1 aliphatic carbocycles. The van der Waals surface area contributed by atoms with E-state index in [1.165, 1.54) is 4.90 Å². The van der Waals surface area contributed by atoms with Gasteiger partial charge in [0.25, 0.3) is 0 Å². The molecule has 1 atom stereocenters. The molecule has 1 saturated heterocycles. The number of hydrogen-bond donors (Lipinski definition) is 2. The molecular weight excluding hydrogens is 456 g/mol. The molecule has 2 fully saturated rings. The molecule has 2 N–H and O–H groups in total. The van der Waals surface area contributed by atoms with Gasteiger partial charge < -0.3 is 24.2 Å². The summed E-state index contributed by atoms with van der Waals surface area (Å²) >= 11 is 0. The SMILES string of the molecule is COc1ccc(N2CCN(C(=O)OCON(O)O)C[C@@H]2C(=O)N(Cc2ccccc2)C2CC2)cc1. The average molecular weight is 487 g/mol. The third-order valence-electron chi connectivity index (χ3n) is 6.14. The minimum absolute atomic E-state index is 0.0576. The molecule has 2 amide bonds. The van der Waals surface area contributed by atoms with Gasteiger partial charge in [-0.2, -0.15) is 0 Å². The number of carbonyl (C=O) groups is 2. The van der Waals surface area contributed by atoms with E-state index in [-0.39, 0.29) is 18.5 Å². The lowest BCUT2D eigenvalue weighted by Gasteiger charge is -2.43. The van der Waals surface area contributed by atoms with E-state index in [1.54, 1.807) is 7.11 Å². The lowest BCUT2D eigenvalue weighted by molar-refractivity contribution is -0.503. The third-order valence-corrected chi connectivity index (χ3v) is 6.14. The molecule has 0 unspecified atom stereocenters. The van der Waals surface area contributed by atoms with Crippen LogP contribution in [0.2, 0.25) is 0 Å². The maximum absolute atomic E-state index is 13.9. The number of nitrogens with zero attached hydrogens (tertiary/aromatic N) is 4. The zero-order valence-corrected chi connectivity index (χ0v) is 19.5. The molecule has 1 aliphatic heterocycles. The molecule has 188 valence electrons. The van der Waals surface area contributed by atoms with E-state index in [0.29, 0.717) is 25.4 Å². The summed E-state index contributed by atoms with van der Waals surface area (Å²) in [4.78, 5) is 36.2. The van der Waals surface area contributed by atoms with E-state index < -0.39 is 24.3 Å². The van der Waals surface area contributed by atoms with Crippen LogP contribution in [0, 0.1) is 0 Å². The Morgan fingerprint density at radius 1 is 1.03 bits per heavy atom. The first-order chi connectivity index (χ1) is 17.0. The number of ether oxygens (including phenoxy) is 2. The van der Waals surface area contributed by atoms with Crippen LogP contribution in [0.25, 0.3) is 0 Å². The molecule has 11 heteroatoms. The van der Waals surface area contributed by atoms with E-state index in [4.69, 9.17) is 19.9 Å². The second-order valence-corrected chi connectivity index (χ2v) is 8.45. The van der Waals surface area contributed by atoms with E-state index >= 15 is 0 Å². The normalized spacial score (nSPS) is 17.9. The average Bonchev–Trinajstić information content (AvgIpc) is 3.72. The Labute approximate surface area is 203 Å². The molecule has 11 nitrogen and oxygen atoms in total. The summed E-state index contributed by atoms with van der Waals surface area (Å²) < 4.78 is 10.2. The minimum atomic E-state index is -0.708. The maximum Gasteiger partial charge on any atom is 0.412 e. The smallest absolute Gasteiger partial charge is 0.412 e. The van der Waals surface area contributed by atoms with Crippen LogP contribution in [0.15, 0.2) is 54.6 Å². The van der Waals surface area contributed by atoms with Crippen LogP contribution in [-0.2, 0) is 20.9 Å². The maximum atomic E-state index is 13.9. The summed E-state index contributed by atoms with van der Waals surface area (Å²) in [5, 5.41) is 16.7. The highest BCUT2D eigenvalue weighted by Crippen LogP contribution is 2.32. The predicted octanol–water partition coefficient (Wildman–Crippen LogP) is 2.48. The molecule has 0 spiro atoms. The largest absolute Gasteiger partial charge is 0.497 e. The van der Waals surface area contributed by atoms with Crippen LogP contribution >= 0.6 is 0 Å². The van der Waals surface area contributed by atoms with Gasteiger partial charge in [0.1, 0.15) is 11.8 Å². The lowest BCUT2D eigenvalue weighted by atomic mass is 10.1. The second-order valence-electron chi connectivity index (χ2n) is 8.45. The number of methoxy groups -OCH3 is 1. The van der Waals surface area contributed by atoms with Crippen LogP contribution in [-0.4, -0.2) is 83.2 Å². The molecule has 0 aromatic heterocycles. The van der Waals surface area contributed by atoms with Crippen molar-refractivity contribution in [3.8, 4) is 5.75 Å². The van der Waals surface area contributed by atoms with Crippen molar-refractivity contribution in [1.82, 2.24) is 15.2 Å². The standard InChI is InChI=1S/C24H30N4O7/c1-33-21-11-9-19(10-12-21)26-14-13-25(24(30)34-17-35-28(31)32)16-22(26)23(29)27(20-7-8-20)15-18-5-3-2-4-6-18/h2-6,9-12,20,22,31-32H,7-8,13-17H2,1H3/t22-/m1/s1. The Morgan fingerprint density at radius 3 is 2.37 bits per heavy atom. The molecule has 4 rings (SSSR count). The van der Waals surface area contributed by atoms with Gasteiger partial charge in [-0.1, -0.05) is 30.3 Å². The van der Waals surface area contributed by atoms with Crippen LogP contribution in [0.3, 0.4) is 0 Å². The van der Waals surface area contributed by atoms with Crippen LogP contribution in [0.4, 0.5) is 10.5 Å².